The minimum atomic E-state index is 0.194. The first-order valence-corrected chi connectivity index (χ1v) is 9.18. The Hall–Kier alpha value is -0.380. The van der Waals surface area contributed by atoms with Gasteiger partial charge in [0.1, 0.15) is 0 Å². The first-order chi connectivity index (χ1) is 10.2. The highest BCUT2D eigenvalue weighted by Crippen LogP contribution is 2.38. The van der Waals surface area contributed by atoms with Crippen molar-refractivity contribution in [1.29, 1.82) is 0 Å². The van der Waals surface area contributed by atoms with E-state index in [1.807, 2.05) is 0 Å². The molecule has 0 bridgehead atoms. The topological polar surface area (TPSA) is 29.3 Å². The van der Waals surface area contributed by atoms with Gasteiger partial charge in [0, 0.05) is 23.1 Å². The SMILES string of the molecule is CCCN(CC1CC1)C1(CN)CCc2cc(Br)ccc2C1. The Morgan fingerprint density at radius 3 is 2.81 bits per heavy atom. The van der Waals surface area contributed by atoms with E-state index in [0.29, 0.717) is 0 Å². The zero-order chi connectivity index (χ0) is 14.9. The highest BCUT2D eigenvalue weighted by atomic mass is 79.9. The molecule has 0 heterocycles. The molecule has 0 spiro atoms. The van der Waals surface area contributed by atoms with Crippen LogP contribution in [0, 0.1) is 5.92 Å². The molecular weight excluding hydrogens is 324 g/mol. The normalized spacial score (nSPS) is 25.1. The predicted molar refractivity (Wildman–Crippen MR) is 92.5 cm³/mol. The van der Waals surface area contributed by atoms with Crippen LogP contribution in [-0.4, -0.2) is 30.1 Å². The molecule has 2 aliphatic rings. The van der Waals surface area contributed by atoms with Crippen molar-refractivity contribution in [3.05, 3.63) is 33.8 Å². The number of nitrogens with zero attached hydrogens (tertiary/aromatic N) is 1. The van der Waals surface area contributed by atoms with Crippen molar-refractivity contribution in [3.63, 3.8) is 0 Å². The number of aryl methyl sites for hydroxylation is 1. The molecule has 0 amide bonds. The first-order valence-electron chi connectivity index (χ1n) is 8.39. The predicted octanol–water partition coefficient (Wildman–Crippen LogP) is 3.76. The lowest BCUT2D eigenvalue weighted by atomic mass is 9.76. The third-order valence-electron chi connectivity index (χ3n) is 5.27. The third-order valence-corrected chi connectivity index (χ3v) is 5.76. The molecule has 116 valence electrons. The Labute approximate surface area is 137 Å². The average molecular weight is 351 g/mol. The molecule has 1 unspecified atom stereocenters. The molecule has 1 saturated carbocycles. The van der Waals surface area contributed by atoms with Crippen LogP contribution in [0.4, 0.5) is 0 Å². The zero-order valence-electron chi connectivity index (χ0n) is 13.1. The summed E-state index contributed by atoms with van der Waals surface area (Å²) in [4.78, 5) is 2.73. The molecule has 0 aliphatic heterocycles. The maximum atomic E-state index is 6.30. The summed E-state index contributed by atoms with van der Waals surface area (Å²) in [5.41, 5.74) is 9.51. The van der Waals surface area contributed by atoms with E-state index < -0.39 is 0 Å². The third kappa shape index (κ3) is 3.35. The van der Waals surface area contributed by atoms with Gasteiger partial charge in [0.05, 0.1) is 0 Å². The van der Waals surface area contributed by atoms with Crippen molar-refractivity contribution in [2.45, 2.75) is 51.0 Å². The van der Waals surface area contributed by atoms with Gasteiger partial charge in [-0.25, -0.2) is 0 Å². The smallest absolute Gasteiger partial charge is 0.0375 e. The summed E-state index contributed by atoms with van der Waals surface area (Å²) in [6.07, 6.45) is 7.56. The monoisotopic (exact) mass is 350 g/mol. The van der Waals surface area contributed by atoms with Gasteiger partial charge < -0.3 is 5.73 Å². The van der Waals surface area contributed by atoms with E-state index in [-0.39, 0.29) is 5.54 Å². The molecular formula is C18H27BrN2. The van der Waals surface area contributed by atoms with Gasteiger partial charge >= 0.3 is 0 Å². The number of hydrogen-bond acceptors (Lipinski definition) is 2. The Morgan fingerprint density at radius 2 is 2.14 bits per heavy atom. The van der Waals surface area contributed by atoms with Crippen LogP contribution >= 0.6 is 15.9 Å². The number of rotatable bonds is 6. The van der Waals surface area contributed by atoms with Crippen molar-refractivity contribution < 1.29 is 0 Å². The number of benzene rings is 1. The molecule has 1 fully saturated rings. The van der Waals surface area contributed by atoms with Crippen LogP contribution in [-0.2, 0) is 12.8 Å². The van der Waals surface area contributed by atoms with Crippen molar-refractivity contribution >= 4 is 15.9 Å². The number of halogens is 1. The zero-order valence-corrected chi connectivity index (χ0v) is 14.7. The second-order valence-corrected chi connectivity index (χ2v) is 7.82. The van der Waals surface area contributed by atoms with Crippen LogP contribution in [0.25, 0.3) is 0 Å². The molecule has 1 aromatic rings. The molecule has 0 aromatic heterocycles. The summed E-state index contributed by atoms with van der Waals surface area (Å²) in [7, 11) is 0. The summed E-state index contributed by atoms with van der Waals surface area (Å²) in [6, 6.07) is 6.77. The van der Waals surface area contributed by atoms with Crippen LogP contribution < -0.4 is 5.73 Å². The molecule has 21 heavy (non-hydrogen) atoms. The lowest BCUT2D eigenvalue weighted by molar-refractivity contribution is 0.0738. The lowest BCUT2D eigenvalue weighted by Gasteiger charge is -2.47. The number of nitrogens with two attached hydrogens (primary N) is 1. The second-order valence-electron chi connectivity index (χ2n) is 6.91. The largest absolute Gasteiger partial charge is 0.329 e. The van der Waals surface area contributed by atoms with Gasteiger partial charge in [0.15, 0.2) is 0 Å². The van der Waals surface area contributed by atoms with E-state index in [9.17, 15) is 0 Å². The molecule has 1 aromatic carbocycles. The van der Waals surface area contributed by atoms with Crippen molar-refractivity contribution in [2.24, 2.45) is 11.7 Å². The first kappa shape index (κ1) is 15.5. The van der Waals surface area contributed by atoms with E-state index in [2.05, 4.69) is 46.0 Å². The average Bonchev–Trinajstić information content (AvgIpc) is 3.30. The summed E-state index contributed by atoms with van der Waals surface area (Å²) < 4.78 is 1.20. The standard InChI is InChI=1S/C18H27BrN2/c1-2-9-21(12-14-3-4-14)18(13-20)8-7-15-10-17(19)6-5-16(15)11-18/h5-6,10,14H,2-4,7-9,11-13,20H2,1H3. The minimum Gasteiger partial charge on any atom is -0.329 e. The summed E-state index contributed by atoms with van der Waals surface area (Å²) in [5.74, 6) is 0.936. The van der Waals surface area contributed by atoms with E-state index in [4.69, 9.17) is 5.73 Å². The molecule has 3 rings (SSSR count). The van der Waals surface area contributed by atoms with Crippen molar-refractivity contribution in [3.8, 4) is 0 Å². The lowest BCUT2D eigenvalue weighted by Crippen LogP contribution is -2.58. The van der Waals surface area contributed by atoms with E-state index >= 15 is 0 Å². The number of fused-ring (bicyclic) bond motifs is 1. The van der Waals surface area contributed by atoms with E-state index in [1.54, 1.807) is 0 Å². The summed E-state index contributed by atoms with van der Waals surface area (Å²) >= 11 is 3.60. The fourth-order valence-corrected chi connectivity index (χ4v) is 4.20. The molecule has 2 nitrogen and oxygen atoms in total. The van der Waals surface area contributed by atoms with Gasteiger partial charge in [-0.2, -0.15) is 0 Å². The Kier molecular flexibility index (Phi) is 4.72. The Morgan fingerprint density at radius 1 is 1.33 bits per heavy atom. The van der Waals surface area contributed by atoms with E-state index in [1.165, 1.54) is 54.4 Å². The van der Waals surface area contributed by atoms with E-state index in [0.717, 1.165) is 25.3 Å². The highest BCUT2D eigenvalue weighted by Gasteiger charge is 2.40. The van der Waals surface area contributed by atoms with Crippen LogP contribution in [0.15, 0.2) is 22.7 Å². The van der Waals surface area contributed by atoms with Crippen molar-refractivity contribution in [1.82, 2.24) is 4.90 Å². The van der Waals surface area contributed by atoms with Crippen LogP contribution in [0.2, 0.25) is 0 Å². The maximum absolute atomic E-state index is 6.30. The van der Waals surface area contributed by atoms with Gasteiger partial charge in [0.2, 0.25) is 0 Å². The maximum Gasteiger partial charge on any atom is 0.0375 e. The second kappa shape index (κ2) is 6.39. The van der Waals surface area contributed by atoms with Crippen LogP contribution in [0.3, 0.4) is 0 Å². The molecule has 0 radical (unpaired) electrons. The quantitative estimate of drug-likeness (QED) is 0.846. The Balaban J connectivity index is 1.83. The fourth-order valence-electron chi connectivity index (χ4n) is 3.79. The van der Waals surface area contributed by atoms with Crippen LogP contribution in [0.5, 0.6) is 0 Å². The van der Waals surface area contributed by atoms with Gasteiger partial charge in [-0.05, 0) is 74.2 Å². The van der Waals surface area contributed by atoms with Crippen LogP contribution in [0.1, 0.15) is 43.7 Å². The van der Waals surface area contributed by atoms with Crippen molar-refractivity contribution in [2.75, 3.05) is 19.6 Å². The number of hydrogen-bond donors (Lipinski definition) is 1. The highest BCUT2D eigenvalue weighted by molar-refractivity contribution is 9.10. The van der Waals surface area contributed by atoms with Gasteiger partial charge in [-0.3, -0.25) is 4.90 Å². The molecule has 1 atom stereocenters. The Bertz CT molecular complexity index is 498. The summed E-state index contributed by atoms with van der Waals surface area (Å²) in [6.45, 7) is 5.53. The fraction of sp³-hybridized carbons (Fsp3) is 0.667. The molecule has 2 aliphatic carbocycles. The van der Waals surface area contributed by atoms with Gasteiger partial charge in [-0.15, -0.1) is 0 Å². The molecule has 3 heteroatoms. The summed E-state index contributed by atoms with van der Waals surface area (Å²) in [5, 5.41) is 0. The molecule has 0 saturated heterocycles. The molecule has 2 N–H and O–H groups in total. The minimum absolute atomic E-state index is 0.194. The van der Waals surface area contributed by atoms with Gasteiger partial charge in [-0.1, -0.05) is 28.9 Å². The van der Waals surface area contributed by atoms with Gasteiger partial charge in [0.25, 0.3) is 0 Å².